The highest BCUT2D eigenvalue weighted by atomic mass is 16.5. The van der Waals surface area contributed by atoms with E-state index in [4.69, 9.17) is 14.7 Å². The average Bonchev–Trinajstić information content (AvgIpc) is 2.72. The molecule has 134 valence electrons. The Labute approximate surface area is 157 Å². The molecule has 0 atom stereocenters. The minimum Gasteiger partial charge on any atom is -0.490 e. The van der Waals surface area contributed by atoms with Gasteiger partial charge in [0.15, 0.2) is 0 Å². The molecule has 0 spiro atoms. The van der Waals surface area contributed by atoms with Gasteiger partial charge in [0.1, 0.15) is 24.7 Å². The molecule has 0 saturated carbocycles. The van der Waals surface area contributed by atoms with Gasteiger partial charge in [-0.15, -0.1) is 0 Å². The van der Waals surface area contributed by atoms with Crippen molar-refractivity contribution in [2.24, 2.45) is 0 Å². The van der Waals surface area contributed by atoms with Crippen LogP contribution < -0.4 is 14.8 Å². The number of amides is 1. The molecule has 0 aromatic heterocycles. The summed E-state index contributed by atoms with van der Waals surface area (Å²) < 4.78 is 11.3. The largest absolute Gasteiger partial charge is 0.490 e. The van der Waals surface area contributed by atoms with E-state index in [1.807, 2.05) is 36.4 Å². The normalized spacial score (nSPS) is 9.89. The monoisotopic (exact) mass is 358 g/mol. The lowest BCUT2D eigenvalue weighted by molar-refractivity contribution is 0.102. The quantitative estimate of drug-likeness (QED) is 0.640. The molecule has 0 unspecified atom stereocenters. The maximum absolute atomic E-state index is 12.5. The SMILES string of the molecule is N#Cc1cccc(OCCOc2ccccc2C(=O)Nc2ccccc2)c1. The number of nitrogens with zero attached hydrogens (tertiary/aromatic N) is 1. The first-order chi connectivity index (χ1) is 13.3. The first-order valence-electron chi connectivity index (χ1n) is 8.47. The molecule has 27 heavy (non-hydrogen) atoms. The van der Waals surface area contributed by atoms with E-state index in [-0.39, 0.29) is 12.5 Å². The third-order valence-corrected chi connectivity index (χ3v) is 3.74. The molecule has 0 radical (unpaired) electrons. The fourth-order valence-corrected chi connectivity index (χ4v) is 2.47. The number of carbonyl (C=O) groups excluding carboxylic acids is 1. The number of nitriles is 1. The number of ether oxygens (including phenoxy) is 2. The summed E-state index contributed by atoms with van der Waals surface area (Å²) in [5, 5.41) is 11.7. The van der Waals surface area contributed by atoms with Gasteiger partial charge in [-0.25, -0.2) is 0 Å². The number of carbonyl (C=O) groups is 1. The van der Waals surface area contributed by atoms with E-state index in [9.17, 15) is 4.79 Å². The molecule has 3 aromatic carbocycles. The van der Waals surface area contributed by atoms with Gasteiger partial charge in [0.25, 0.3) is 5.91 Å². The fraction of sp³-hybridized carbons (Fsp3) is 0.0909. The van der Waals surface area contributed by atoms with E-state index < -0.39 is 0 Å². The van der Waals surface area contributed by atoms with Crippen molar-refractivity contribution in [3.8, 4) is 17.6 Å². The van der Waals surface area contributed by atoms with Crippen LogP contribution in [0.4, 0.5) is 5.69 Å². The molecule has 5 heteroatoms. The van der Waals surface area contributed by atoms with E-state index in [1.54, 1.807) is 42.5 Å². The predicted molar refractivity (Wildman–Crippen MR) is 103 cm³/mol. The predicted octanol–water partition coefficient (Wildman–Crippen LogP) is 4.27. The van der Waals surface area contributed by atoms with Crippen LogP contribution in [0.25, 0.3) is 0 Å². The Kier molecular flexibility index (Phi) is 6.05. The zero-order valence-corrected chi connectivity index (χ0v) is 14.6. The number of rotatable bonds is 7. The van der Waals surface area contributed by atoms with Crippen LogP contribution in [0, 0.1) is 11.3 Å². The minimum atomic E-state index is -0.237. The Hall–Kier alpha value is -3.78. The Balaban J connectivity index is 1.57. The van der Waals surface area contributed by atoms with Gasteiger partial charge >= 0.3 is 0 Å². The first-order valence-corrected chi connectivity index (χ1v) is 8.47. The van der Waals surface area contributed by atoms with E-state index in [1.165, 1.54) is 0 Å². The van der Waals surface area contributed by atoms with E-state index in [2.05, 4.69) is 11.4 Å². The molecule has 0 aliphatic heterocycles. The van der Waals surface area contributed by atoms with Crippen molar-refractivity contribution in [2.45, 2.75) is 0 Å². The van der Waals surface area contributed by atoms with Gasteiger partial charge in [-0.1, -0.05) is 36.4 Å². The van der Waals surface area contributed by atoms with Crippen molar-refractivity contribution in [1.29, 1.82) is 5.26 Å². The number of hydrogen-bond donors (Lipinski definition) is 1. The molecule has 3 aromatic rings. The zero-order chi connectivity index (χ0) is 18.9. The molecular formula is C22H18N2O3. The van der Waals surface area contributed by atoms with E-state index >= 15 is 0 Å². The highest BCUT2D eigenvalue weighted by molar-refractivity contribution is 6.06. The highest BCUT2D eigenvalue weighted by Crippen LogP contribution is 2.20. The van der Waals surface area contributed by atoms with Gasteiger partial charge < -0.3 is 14.8 Å². The second-order valence-corrected chi connectivity index (χ2v) is 5.65. The van der Waals surface area contributed by atoms with Crippen molar-refractivity contribution in [3.63, 3.8) is 0 Å². The number of nitrogens with one attached hydrogen (secondary N) is 1. The molecule has 1 N–H and O–H groups in total. The summed E-state index contributed by atoms with van der Waals surface area (Å²) in [5.74, 6) is 0.854. The van der Waals surface area contributed by atoms with E-state index in [0.29, 0.717) is 29.2 Å². The van der Waals surface area contributed by atoms with E-state index in [0.717, 1.165) is 5.69 Å². The summed E-state index contributed by atoms with van der Waals surface area (Å²) in [6.45, 7) is 0.565. The average molecular weight is 358 g/mol. The number of hydrogen-bond acceptors (Lipinski definition) is 4. The zero-order valence-electron chi connectivity index (χ0n) is 14.6. The van der Waals surface area contributed by atoms with Crippen molar-refractivity contribution >= 4 is 11.6 Å². The number of benzene rings is 3. The van der Waals surface area contributed by atoms with Crippen LogP contribution in [-0.4, -0.2) is 19.1 Å². The smallest absolute Gasteiger partial charge is 0.259 e. The summed E-state index contributed by atoms with van der Waals surface area (Å²) >= 11 is 0. The minimum absolute atomic E-state index is 0.237. The number of para-hydroxylation sites is 2. The molecule has 0 aliphatic carbocycles. The van der Waals surface area contributed by atoms with Crippen molar-refractivity contribution in [2.75, 3.05) is 18.5 Å². The van der Waals surface area contributed by atoms with Gasteiger partial charge in [-0.05, 0) is 42.5 Å². The molecular weight excluding hydrogens is 340 g/mol. The lowest BCUT2D eigenvalue weighted by Crippen LogP contribution is -2.15. The fourth-order valence-electron chi connectivity index (χ4n) is 2.47. The maximum Gasteiger partial charge on any atom is 0.259 e. The van der Waals surface area contributed by atoms with Crippen molar-refractivity contribution in [1.82, 2.24) is 0 Å². The summed E-state index contributed by atoms with van der Waals surface area (Å²) in [7, 11) is 0. The van der Waals surface area contributed by atoms with Gasteiger partial charge in [0.2, 0.25) is 0 Å². The van der Waals surface area contributed by atoms with Crippen molar-refractivity contribution in [3.05, 3.63) is 90.0 Å². The number of anilines is 1. The lowest BCUT2D eigenvalue weighted by Gasteiger charge is -2.12. The maximum atomic E-state index is 12.5. The Bertz CT molecular complexity index is 949. The van der Waals surface area contributed by atoms with Gasteiger partial charge in [0.05, 0.1) is 17.2 Å². The third-order valence-electron chi connectivity index (χ3n) is 3.74. The van der Waals surface area contributed by atoms with Crippen LogP contribution >= 0.6 is 0 Å². The Morgan fingerprint density at radius 1 is 0.889 bits per heavy atom. The Morgan fingerprint density at radius 3 is 2.44 bits per heavy atom. The molecule has 1 amide bonds. The van der Waals surface area contributed by atoms with Crippen LogP contribution in [-0.2, 0) is 0 Å². The van der Waals surface area contributed by atoms with Gasteiger partial charge in [0, 0.05) is 5.69 Å². The first kappa shape index (κ1) is 18.0. The molecule has 0 saturated heterocycles. The second-order valence-electron chi connectivity index (χ2n) is 5.65. The molecule has 5 nitrogen and oxygen atoms in total. The van der Waals surface area contributed by atoms with Gasteiger partial charge in [-0.3, -0.25) is 4.79 Å². The van der Waals surface area contributed by atoms with Crippen LogP contribution in [0.1, 0.15) is 15.9 Å². The topological polar surface area (TPSA) is 71.3 Å². The molecule has 3 rings (SSSR count). The Morgan fingerprint density at radius 2 is 1.63 bits per heavy atom. The second kappa shape index (κ2) is 9.07. The van der Waals surface area contributed by atoms with Crippen LogP contribution in [0.3, 0.4) is 0 Å². The highest BCUT2D eigenvalue weighted by Gasteiger charge is 2.12. The molecule has 0 heterocycles. The molecule has 0 aliphatic rings. The van der Waals surface area contributed by atoms with Gasteiger partial charge in [-0.2, -0.15) is 5.26 Å². The standard InChI is InChI=1S/C22H18N2O3/c23-16-17-7-6-10-19(15-17)26-13-14-27-21-12-5-4-11-20(21)22(25)24-18-8-2-1-3-9-18/h1-12,15H,13-14H2,(H,24,25). The molecule has 0 fully saturated rings. The summed E-state index contributed by atoms with van der Waals surface area (Å²) in [4.78, 5) is 12.5. The molecule has 0 bridgehead atoms. The van der Waals surface area contributed by atoms with Crippen LogP contribution in [0.15, 0.2) is 78.9 Å². The summed E-state index contributed by atoms with van der Waals surface area (Å²) in [6, 6.07) is 25.3. The van der Waals surface area contributed by atoms with Crippen LogP contribution in [0.2, 0.25) is 0 Å². The van der Waals surface area contributed by atoms with Crippen LogP contribution in [0.5, 0.6) is 11.5 Å². The third kappa shape index (κ3) is 5.10. The summed E-state index contributed by atoms with van der Waals surface area (Å²) in [5.41, 5.74) is 1.71. The van der Waals surface area contributed by atoms with Crippen molar-refractivity contribution < 1.29 is 14.3 Å². The lowest BCUT2D eigenvalue weighted by atomic mass is 10.2. The summed E-state index contributed by atoms with van der Waals surface area (Å²) in [6.07, 6.45) is 0.